The maximum Gasteiger partial charge on any atom is 0.232 e. The lowest BCUT2D eigenvalue weighted by Crippen LogP contribution is -2.46. The Hall–Kier alpha value is -0.900. The van der Waals surface area contributed by atoms with Gasteiger partial charge in [0.05, 0.1) is 24.9 Å². The first-order chi connectivity index (χ1) is 5.38. The number of amides is 1. The molecule has 1 amide bonds. The van der Waals surface area contributed by atoms with Crippen LogP contribution in [0.4, 0.5) is 0 Å². The molecule has 1 N–H and O–H groups in total. The second kappa shape index (κ2) is 2.62. The van der Waals surface area contributed by atoms with Crippen LogP contribution in [0.1, 0.15) is 6.42 Å². The molecule has 2 aliphatic heterocycles. The summed E-state index contributed by atoms with van der Waals surface area (Å²) in [5, 5.41) is 2.57. The predicted octanol–water partition coefficient (Wildman–Crippen LogP) is -0.450. The van der Waals surface area contributed by atoms with Crippen molar-refractivity contribution in [3.05, 3.63) is 0 Å². The van der Waals surface area contributed by atoms with Crippen LogP contribution in [0.25, 0.3) is 0 Å². The van der Waals surface area contributed by atoms with E-state index in [4.69, 9.17) is 4.74 Å². The summed E-state index contributed by atoms with van der Waals surface area (Å²) in [5.74, 6) is -0.00144. The molecule has 1 fully saturated rings. The number of nitrogens with one attached hydrogen (secondary N) is 1. The second-order valence-electron chi connectivity index (χ2n) is 2.82. The van der Waals surface area contributed by atoms with E-state index in [2.05, 4.69) is 10.3 Å². The Kier molecular flexibility index (Phi) is 1.62. The summed E-state index contributed by atoms with van der Waals surface area (Å²) in [6.07, 6.45) is 2.36. The van der Waals surface area contributed by atoms with Crippen molar-refractivity contribution in [3.8, 4) is 0 Å². The van der Waals surface area contributed by atoms with Gasteiger partial charge in [0.2, 0.25) is 5.91 Å². The van der Waals surface area contributed by atoms with E-state index < -0.39 is 0 Å². The van der Waals surface area contributed by atoms with Crippen LogP contribution in [-0.4, -0.2) is 31.5 Å². The summed E-state index contributed by atoms with van der Waals surface area (Å²) < 4.78 is 5.17. The van der Waals surface area contributed by atoms with Gasteiger partial charge in [-0.1, -0.05) is 0 Å². The molecule has 4 heteroatoms. The molecule has 60 valence electrons. The fourth-order valence-corrected chi connectivity index (χ4v) is 1.46. The molecule has 2 rings (SSSR count). The molecule has 0 radical (unpaired) electrons. The van der Waals surface area contributed by atoms with Crippen LogP contribution in [0.3, 0.4) is 0 Å². The van der Waals surface area contributed by atoms with Gasteiger partial charge in [-0.25, -0.2) is 0 Å². The Morgan fingerprint density at radius 1 is 1.73 bits per heavy atom. The molecule has 0 aliphatic carbocycles. The Balaban J connectivity index is 2.15. The van der Waals surface area contributed by atoms with E-state index in [0.29, 0.717) is 6.61 Å². The first-order valence-electron chi connectivity index (χ1n) is 3.78. The Morgan fingerprint density at radius 2 is 2.64 bits per heavy atom. The van der Waals surface area contributed by atoms with Crippen molar-refractivity contribution in [1.82, 2.24) is 5.32 Å². The van der Waals surface area contributed by atoms with Gasteiger partial charge >= 0.3 is 0 Å². The van der Waals surface area contributed by atoms with Crippen LogP contribution in [0.2, 0.25) is 0 Å². The molecule has 0 saturated carbocycles. The average molecular weight is 154 g/mol. The van der Waals surface area contributed by atoms with E-state index in [-0.39, 0.29) is 17.9 Å². The fraction of sp³-hybridized carbons (Fsp3) is 0.714. The van der Waals surface area contributed by atoms with E-state index in [0.717, 1.165) is 13.0 Å². The second-order valence-corrected chi connectivity index (χ2v) is 2.82. The predicted molar refractivity (Wildman–Crippen MR) is 39.3 cm³/mol. The average Bonchev–Trinajstić information content (AvgIpc) is 2.06. The van der Waals surface area contributed by atoms with Crippen molar-refractivity contribution in [3.63, 3.8) is 0 Å². The summed E-state index contributed by atoms with van der Waals surface area (Å²) in [5.41, 5.74) is 0. The molecule has 2 unspecified atom stereocenters. The maximum absolute atomic E-state index is 11.1. The van der Waals surface area contributed by atoms with Gasteiger partial charge in [0, 0.05) is 6.61 Å². The molecule has 0 aromatic carbocycles. The highest BCUT2D eigenvalue weighted by atomic mass is 16.5. The quantitative estimate of drug-likeness (QED) is 0.513. The number of aliphatic imine (C=N–C) groups is 1. The highest BCUT2D eigenvalue weighted by molar-refractivity contribution is 5.91. The molecule has 0 aromatic rings. The van der Waals surface area contributed by atoms with Crippen LogP contribution in [0.15, 0.2) is 4.99 Å². The maximum atomic E-state index is 11.1. The monoisotopic (exact) mass is 154 g/mol. The molecular formula is C7H10N2O2. The number of carbonyl (C=O) groups excluding carboxylic acids is 1. The van der Waals surface area contributed by atoms with Crippen molar-refractivity contribution in [2.24, 2.45) is 10.9 Å². The lowest BCUT2D eigenvalue weighted by Gasteiger charge is -2.29. The van der Waals surface area contributed by atoms with Crippen molar-refractivity contribution >= 4 is 12.2 Å². The van der Waals surface area contributed by atoms with Crippen molar-refractivity contribution in [2.45, 2.75) is 12.5 Å². The first-order valence-corrected chi connectivity index (χ1v) is 3.78. The van der Waals surface area contributed by atoms with E-state index in [1.54, 1.807) is 0 Å². The lowest BCUT2D eigenvalue weighted by atomic mass is 9.95. The van der Waals surface area contributed by atoms with Gasteiger partial charge in [-0.3, -0.25) is 9.79 Å². The summed E-state index contributed by atoms with van der Waals surface area (Å²) in [7, 11) is 0. The highest BCUT2D eigenvalue weighted by Crippen LogP contribution is 2.19. The van der Waals surface area contributed by atoms with Crippen molar-refractivity contribution < 1.29 is 9.53 Å². The van der Waals surface area contributed by atoms with Gasteiger partial charge in [0.25, 0.3) is 0 Å². The van der Waals surface area contributed by atoms with Crippen LogP contribution in [0.5, 0.6) is 0 Å². The number of fused-ring (bicyclic) bond motifs is 1. The van der Waals surface area contributed by atoms with Gasteiger partial charge in [-0.05, 0) is 6.42 Å². The van der Waals surface area contributed by atoms with Crippen molar-refractivity contribution in [2.75, 3.05) is 13.2 Å². The van der Waals surface area contributed by atoms with E-state index >= 15 is 0 Å². The minimum absolute atomic E-state index is 0.0460. The van der Waals surface area contributed by atoms with Crippen LogP contribution < -0.4 is 5.32 Å². The molecule has 0 spiro atoms. The minimum Gasteiger partial charge on any atom is -0.380 e. The van der Waals surface area contributed by atoms with Gasteiger partial charge in [0.15, 0.2) is 0 Å². The Bertz CT molecular complexity index is 203. The number of hydrogen-bond donors (Lipinski definition) is 1. The van der Waals surface area contributed by atoms with Crippen LogP contribution in [0, 0.1) is 5.92 Å². The highest BCUT2D eigenvalue weighted by Gasteiger charge is 2.32. The summed E-state index contributed by atoms with van der Waals surface area (Å²) >= 11 is 0. The smallest absolute Gasteiger partial charge is 0.232 e. The molecule has 0 aromatic heterocycles. The number of hydrogen-bond acceptors (Lipinski definition) is 3. The normalized spacial score (nSPS) is 36.2. The lowest BCUT2D eigenvalue weighted by molar-refractivity contribution is -0.128. The van der Waals surface area contributed by atoms with Crippen LogP contribution in [-0.2, 0) is 9.53 Å². The molecule has 2 atom stereocenters. The van der Waals surface area contributed by atoms with Crippen molar-refractivity contribution in [1.29, 1.82) is 0 Å². The molecule has 2 heterocycles. The third-order valence-corrected chi connectivity index (χ3v) is 2.13. The van der Waals surface area contributed by atoms with E-state index in [1.807, 2.05) is 0 Å². The molecule has 0 bridgehead atoms. The first kappa shape index (κ1) is 6.79. The molecular weight excluding hydrogens is 144 g/mol. The molecule has 4 nitrogen and oxygen atoms in total. The van der Waals surface area contributed by atoms with Gasteiger partial charge < -0.3 is 10.1 Å². The standard InChI is InChI=1S/C7H10N2O2/c10-7-5-3-11-2-1-6(5)8-4-9-7/h4-6H,1-3H2,(H,8,9,10). The zero-order chi connectivity index (χ0) is 7.68. The molecule has 1 saturated heterocycles. The molecule has 2 aliphatic rings. The van der Waals surface area contributed by atoms with Gasteiger partial charge in [0.1, 0.15) is 0 Å². The number of carbonyl (C=O) groups is 1. The molecule has 11 heavy (non-hydrogen) atoms. The fourth-order valence-electron chi connectivity index (χ4n) is 1.46. The Labute approximate surface area is 64.6 Å². The zero-order valence-electron chi connectivity index (χ0n) is 6.12. The summed E-state index contributed by atoms with van der Waals surface area (Å²) in [6.45, 7) is 1.25. The summed E-state index contributed by atoms with van der Waals surface area (Å²) in [4.78, 5) is 15.3. The largest absolute Gasteiger partial charge is 0.380 e. The van der Waals surface area contributed by atoms with Gasteiger partial charge in [-0.2, -0.15) is 0 Å². The van der Waals surface area contributed by atoms with E-state index in [9.17, 15) is 4.79 Å². The third-order valence-electron chi connectivity index (χ3n) is 2.13. The van der Waals surface area contributed by atoms with E-state index in [1.165, 1.54) is 6.34 Å². The SMILES string of the molecule is O=C1NC=NC2CCOCC12. The number of nitrogens with zero attached hydrogens (tertiary/aromatic N) is 1. The number of ether oxygens (including phenoxy) is 1. The van der Waals surface area contributed by atoms with Crippen LogP contribution >= 0.6 is 0 Å². The van der Waals surface area contributed by atoms with Gasteiger partial charge in [-0.15, -0.1) is 0 Å². The Morgan fingerprint density at radius 3 is 3.45 bits per heavy atom. The third kappa shape index (κ3) is 1.14. The topological polar surface area (TPSA) is 50.7 Å². The number of rotatable bonds is 0. The zero-order valence-corrected chi connectivity index (χ0v) is 6.12. The minimum atomic E-state index is -0.0475. The summed E-state index contributed by atoms with van der Waals surface area (Å²) in [6, 6.07) is 0.164.